The minimum absolute atomic E-state index is 0.0796. The van der Waals surface area contributed by atoms with E-state index in [0.29, 0.717) is 24.4 Å². The molecular weight excluding hydrogens is 431 g/mol. The number of hydrogen-bond donors (Lipinski definition) is 0. The van der Waals surface area contributed by atoms with E-state index >= 15 is 0 Å². The van der Waals surface area contributed by atoms with Crippen molar-refractivity contribution in [1.29, 1.82) is 0 Å². The summed E-state index contributed by atoms with van der Waals surface area (Å²) in [6.45, 7) is 0.879. The number of amides is 1. The fraction of sp³-hybridized carbons (Fsp3) is 0.208. The highest BCUT2D eigenvalue weighted by Crippen LogP contribution is 2.32. The molecule has 8 heteroatoms. The molecule has 0 spiro atoms. The summed E-state index contributed by atoms with van der Waals surface area (Å²) in [6, 6.07) is 19.1. The Labute approximate surface area is 186 Å². The molecule has 1 aliphatic rings. The van der Waals surface area contributed by atoms with Gasteiger partial charge in [0.2, 0.25) is 0 Å². The largest absolute Gasteiger partial charge is 0.492 e. The van der Waals surface area contributed by atoms with Crippen molar-refractivity contribution in [2.75, 3.05) is 31.0 Å². The van der Waals surface area contributed by atoms with E-state index in [4.69, 9.17) is 4.74 Å². The smallest absolute Gasteiger partial charge is 0.264 e. The molecular formula is C24H23FN2O4S. The number of carbonyl (C=O) groups excluding carboxylic acids is 1. The molecule has 0 saturated heterocycles. The number of ether oxygens (including phenoxy) is 1. The van der Waals surface area contributed by atoms with E-state index < -0.39 is 10.0 Å². The van der Waals surface area contributed by atoms with Crippen LogP contribution in [0.4, 0.5) is 10.1 Å². The van der Waals surface area contributed by atoms with Crippen LogP contribution in [0.1, 0.15) is 15.9 Å². The fourth-order valence-electron chi connectivity index (χ4n) is 3.63. The minimum atomic E-state index is -3.78. The number of benzene rings is 3. The van der Waals surface area contributed by atoms with Crippen LogP contribution in [0.25, 0.3) is 0 Å². The van der Waals surface area contributed by atoms with Gasteiger partial charge in [-0.15, -0.1) is 0 Å². The second kappa shape index (κ2) is 9.00. The number of fused-ring (bicyclic) bond motifs is 1. The Morgan fingerprint density at radius 2 is 1.81 bits per heavy atom. The second-order valence-corrected chi connectivity index (χ2v) is 9.38. The molecule has 166 valence electrons. The molecule has 4 rings (SSSR count). The van der Waals surface area contributed by atoms with Gasteiger partial charge >= 0.3 is 0 Å². The zero-order valence-electron chi connectivity index (χ0n) is 17.6. The Balaban J connectivity index is 1.45. The summed E-state index contributed by atoms with van der Waals surface area (Å²) in [4.78, 5) is 14.4. The lowest BCUT2D eigenvalue weighted by atomic mass is 10.2. The van der Waals surface area contributed by atoms with E-state index in [1.54, 1.807) is 25.2 Å². The highest BCUT2D eigenvalue weighted by Gasteiger charge is 2.31. The third kappa shape index (κ3) is 4.45. The number of rotatable bonds is 7. The first-order valence-electron chi connectivity index (χ1n) is 10.2. The highest BCUT2D eigenvalue weighted by molar-refractivity contribution is 7.92. The molecule has 3 aromatic rings. The SMILES string of the molecule is CN(CCOc1ccc(F)cc1)C(=O)c1cccc(S(=O)(=O)N2CCc3ccccc32)c1. The summed E-state index contributed by atoms with van der Waals surface area (Å²) >= 11 is 0. The minimum Gasteiger partial charge on any atom is -0.492 e. The molecule has 0 saturated carbocycles. The molecule has 0 bridgehead atoms. The van der Waals surface area contributed by atoms with Crippen molar-refractivity contribution in [3.63, 3.8) is 0 Å². The van der Waals surface area contributed by atoms with E-state index in [2.05, 4.69) is 0 Å². The number of carbonyl (C=O) groups is 1. The van der Waals surface area contributed by atoms with Crippen LogP contribution in [0.2, 0.25) is 0 Å². The van der Waals surface area contributed by atoms with E-state index in [0.717, 1.165) is 5.56 Å². The van der Waals surface area contributed by atoms with Gasteiger partial charge in [-0.1, -0.05) is 24.3 Å². The molecule has 0 atom stereocenters. The fourth-order valence-corrected chi connectivity index (χ4v) is 5.18. The summed E-state index contributed by atoms with van der Waals surface area (Å²) in [6.07, 6.45) is 0.658. The van der Waals surface area contributed by atoms with Crippen LogP contribution in [0, 0.1) is 5.82 Å². The van der Waals surface area contributed by atoms with Crippen molar-refractivity contribution in [3.8, 4) is 5.75 Å². The first-order valence-corrected chi connectivity index (χ1v) is 11.6. The Bertz CT molecular complexity index is 1230. The number of nitrogens with zero attached hydrogens (tertiary/aromatic N) is 2. The first-order chi connectivity index (χ1) is 15.4. The quantitative estimate of drug-likeness (QED) is 0.546. The molecule has 1 amide bonds. The topological polar surface area (TPSA) is 66.9 Å². The lowest BCUT2D eigenvalue weighted by Gasteiger charge is -2.21. The molecule has 1 heterocycles. The van der Waals surface area contributed by atoms with Gasteiger partial charge in [-0.05, 0) is 60.5 Å². The van der Waals surface area contributed by atoms with Crippen LogP contribution in [-0.4, -0.2) is 46.0 Å². The van der Waals surface area contributed by atoms with E-state index in [-0.39, 0.29) is 35.3 Å². The second-order valence-electron chi connectivity index (χ2n) is 7.51. The summed E-state index contributed by atoms with van der Waals surface area (Å²) in [5.41, 5.74) is 1.95. The zero-order chi connectivity index (χ0) is 22.7. The van der Waals surface area contributed by atoms with Gasteiger partial charge in [-0.3, -0.25) is 9.10 Å². The van der Waals surface area contributed by atoms with Crippen molar-refractivity contribution in [2.45, 2.75) is 11.3 Å². The molecule has 0 N–H and O–H groups in total. The highest BCUT2D eigenvalue weighted by atomic mass is 32.2. The van der Waals surface area contributed by atoms with Crippen LogP contribution >= 0.6 is 0 Å². The lowest BCUT2D eigenvalue weighted by molar-refractivity contribution is 0.0773. The van der Waals surface area contributed by atoms with Crippen molar-refractivity contribution >= 4 is 21.6 Å². The number of hydrogen-bond acceptors (Lipinski definition) is 4. The van der Waals surface area contributed by atoms with Crippen LogP contribution in [0.3, 0.4) is 0 Å². The van der Waals surface area contributed by atoms with Crippen molar-refractivity contribution in [2.24, 2.45) is 0 Å². The van der Waals surface area contributed by atoms with Crippen LogP contribution in [0.15, 0.2) is 77.7 Å². The van der Waals surface area contributed by atoms with Crippen LogP contribution in [0.5, 0.6) is 5.75 Å². The lowest BCUT2D eigenvalue weighted by Crippen LogP contribution is -2.32. The molecule has 3 aromatic carbocycles. The van der Waals surface area contributed by atoms with E-state index in [1.807, 2.05) is 18.2 Å². The molecule has 0 aliphatic carbocycles. The summed E-state index contributed by atoms with van der Waals surface area (Å²) in [7, 11) is -2.16. The Morgan fingerprint density at radius 1 is 1.06 bits per heavy atom. The standard InChI is InChI=1S/C24H23FN2O4S/c1-26(15-16-31-21-11-9-20(25)10-12-21)24(28)19-6-4-7-22(17-19)32(29,30)27-14-13-18-5-2-3-8-23(18)27/h2-12,17H,13-16H2,1H3. The molecule has 0 unspecified atom stereocenters. The van der Waals surface area contributed by atoms with Crippen molar-refractivity contribution < 1.29 is 22.3 Å². The summed E-state index contributed by atoms with van der Waals surface area (Å²) < 4.78 is 46.4. The van der Waals surface area contributed by atoms with Gasteiger partial charge in [0, 0.05) is 19.2 Å². The predicted molar refractivity (Wildman–Crippen MR) is 120 cm³/mol. The third-order valence-corrected chi connectivity index (χ3v) is 7.18. The van der Waals surface area contributed by atoms with Crippen molar-refractivity contribution in [1.82, 2.24) is 4.90 Å². The number of anilines is 1. The van der Waals surface area contributed by atoms with Gasteiger partial charge < -0.3 is 9.64 Å². The van der Waals surface area contributed by atoms with Crippen LogP contribution < -0.4 is 9.04 Å². The summed E-state index contributed by atoms with van der Waals surface area (Å²) in [5, 5.41) is 0. The van der Waals surface area contributed by atoms with Gasteiger partial charge in [0.05, 0.1) is 17.1 Å². The number of halogens is 1. The number of likely N-dealkylation sites (N-methyl/N-ethyl adjacent to an activating group) is 1. The number of sulfonamides is 1. The van der Waals surface area contributed by atoms with Crippen LogP contribution in [-0.2, 0) is 16.4 Å². The van der Waals surface area contributed by atoms with Gasteiger partial charge in [0.1, 0.15) is 18.2 Å². The van der Waals surface area contributed by atoms with E-state index in [9.17, 15) is 17.6 Å². The molecule has 0 aromatic heterocycles. The van der Waals surface area contributed by atoms with Gasteiger partial charge in [-0.25, -0.2) is 12.8 Å². The average molecular weight is 455 g/mol. The predicted octanol–water partition coefficient (Wildman–Crippen LogP) is 3.73. The Kier molecular flexibility index (Phi) is 6.14. The number of para-hydroxylation sites is 1. The average Bonchev–Trinajstić information content (AvgIpc) is 3.25. The molecule has 6 nitrogen and oxygen atoms in total. The third-order valence-electron chi connectivity index (χ3n) is 5.37. The Hall–Kier alpha value is -3.39. The van der Waals surface area contributed by atoms with Gasteiger partial charge in [0.25, 0.3) is 15.9 Å². The molecule has 0 radical (unpaired) electrons. The Morgan fingerprint density at radius 3 is 2.59 bits per heavy atom. The molecule has 1 aliphatic heterocycles. The first kappa shape index (κ1) is 21.8. The van der Waals surface area contributed by atoms with E-state index in [1.165, 1.54) is 45.6 Å². The van der Waals surface area contributed by atoms with Gasteiger partial charge in [0.15, 0.2) is 0 Å². The zero-order valence-corrected chi connectivity index (χ0v) is 18.4. The maximum Gasteiger partial charge on any atom is 0.264 e. The normalized spacial score (nSPS) is 13.0. The van der Waals surface area contributed by atoms with Gasteiger partial charge in [-0.2, -0.15) is 0 Å². The molecule has 32 heavy (non-hydrogen) atoms. The maximum atomic E-state index is 13.2. The molecule has 0 fully saturated rings. The monoisotopic (exact) mass is 454 g/mol. The van der Waals surface area contributed by atoms with Crippen molar-refractivity contribution in [3.05, 3.63) is 89.7 Å². The summed E-state index contributed by atoms with van der Waals surface area (Å²) in [5.74, 6) is -0.158. The maximum absolute atomic E-state index is 13.2.